The molecule has 0 aliphatic rings. The molecule has 128 valence electrons. The van der Waals surface area contributed by atoms with Crippen molar-refractivity contribution in [1.82, 2.24) is 9.78 Å². The van der Waals surface area contributed by atoms with Crippen LogP contribution in [-0.4, -0.2) is 15.6 Å². The van der Waals surface area contributed by atoms with Crippen molar-refractivity contribution in [2.75, 3.05) is 0 Å². The fourth-order valence-corrected chi connectivity index (χ4v) is 3.24. The van der Waals surface area contributed by atoms with E-state index in [4.69, 9.17) is 5.10 Å². The van der Waals surface area contributed by atoms with E-state index in [0.717, 1.165) is 34.3 Å². The number of ketones is 1. The summed E-state index contributed by atoms with van der Waals surface area (Å²) in [6, 6.07) is 26.4. The van der Waals surface area contributed by atoms with Crippen LogP contribution in [-0.2, 0) is 6.54 Å². The number of rotatable bonds is 5. The normalized spacial score (nSPS) is 11.0. The Bertz CT molecular complexity index is 1050. The first kappa shape index (κ1) is 16.3. The van der Waals surface area contributed by atoms with Crippen LogP contribution in [0.25, 0.3) is 22.2 Å². The van der Waals surface area contributed by atoms with Gasteiger partial charge >= 0.3 is 0 Å². The lowest BCUT2D eigenvalue weighted by molar-refractivity contribution is 0.0988. The van der Waals surface area contributed by atoms with Crippen molar-refractivity contribution in [3.63, 3.8) is 0 Å². The number of benzene rings is 3. The smallest absolute Gasteiger partial charge is 0.162 e. The van der Waals surface area contributed by atoms with Crippen LogP contribution in [0.5, 0.6) is 0 Å². The summed E-state index contributed by atoms with van der Waals surface area (Å²) < 4.78 is 2.05. The fourth-order valence-electron chi connectivity index (χ4n) is 3.24. The summed E-state index contributed by atoms with van der Waals surface area (Å²) in [6.07, 6.45) is 0.522. The molecule has 0 spiro atoms. The summed E-state index contributed by atoms with van der Waals surface area (Å²) in [7, 11) is 0. The summed E-state index contributed by atoms with van der Waals surface area (Å²) in [5, 5.41) is 6.00. The predicted molar refractivity (Wildman–Crippen MR) is 105 cm³/mol. The lowest BCUT2D eigenvalue weighted by atomic mass is 10.0. The zero-order chi connectivity index (χ0) is 17.9. The van der Waals surface area contributed by atoms with Crippen molar-refractivity contribution in [2.24, 2.45) is 0 Å². The standard InChI is InChI=1S/C23H20N2O/c1-2-22(26)18-12-14-19(15-13-18)23-20-10-6-7-11-21(20)25(24-23)16-17-8-4-3-5-9-17/h3-15H,2,16H2,1H3. The quantitative estimate of drug-likeness (QED) is 0.459. The summed E-state index contributed by atoms with van der Waals surface area (Å²) >= 11 is 0. The maximum absolute atomic E-state index is 11.9. The average Bonchev–Trinajstić information content (AvgIpc) is 3.07. The molecule has 1 aromatic heterocycles. The number of hydrogen-bond donors (Lipinski definition) is 0. The first-order valence-corrected chi connectivity index (χ1v) is 8.89. The molecular formula is C23H20N2O. The minimum Gasteiger partial charge on any atom is -0.294 e. The van der Waals surface area contributed by atoms with Crippen LogP contribution < -0.4 is 0 Å². The number of aromatic nitrogens is 2. The van der Waals surface area contributed by atoms with E-state index >= 15 is 0 Å². The number of hydrogen-bond acceptors (Lipinski definition) is 2. The van der Waals surface area contributed by atoms with Gasteiger partial charge in [0, 0.05) is 22.9 Å². The molecule has 0 N–H and O–H groups in total. The number of fused-ring (bicyclic) bond motifs is 1. The van der Waals surface area contributed by atoms with Gasteiger partial charge in [-0.1, -0.05) is 79.7 Å². The Balaban J connectivity index is 1.77. The van der Waals surface area contributed by atoms with E-state index in [9.17, 15) is 4.79 Å². The Kier molecular flexibility index (Phi) is 4.36. The van der Waals surface area contributed by atoms with E-state index in [0.29, 0.717) is 6.42 Å². The van der Waals surface area contributed by atoms with Crippen molar-refractivity contribution in [2.45, 2.75) is 19.9 Å². The van der Waals surface area contributed by atoms with Crippen LogP contribution in [0.2, 0.25) is 0 Å². The molecule has 3 heteroatoms. The molecule has 0 saturated carbocycles. The molecule has 0 aliphatic carbocycles. The van der Waals surface area contributed by atoms with Gasteiger partial charge in [0.1, 0.15) is 5.69 Å². The van der Waals surface area contributed by atoms with Crippen molar-refractivity contribution in [3.05, 3.63) is 90.0 Å². The van der Waals surface area contributed by atoms with Gasteiger partial charge in [-0.05, 0) is 11.6 Å². The minimum absolute atomic E-state index is 0.163. The largest absolute Gasteiger partial charge is 0.294 e. The average molecular weight is 340 g/mol. The summed E-state index contributed by atoms with van der Waals surface area (Å²) in [5.74, 6) is 0.163. The molecule has 1 heterocycles. The topological polar surface area (TPSA) is 34.9 Å². The number of Topliss-reactive ketones (excluding diaryl/α,β-unsaturated/α-hetero) is 1. The lowest BCUT2D eigenvalue weighted by Crippen LogP contribution is -2.01. The summed E-state index contributed by atoms with van der Waals surface area (Å²) in [4.78, 5) is 11.9. The molecule has 0 atom stereocenters. The molecule has 0 fully saturated rings. The third kappa shape index (κ3) is 3.04. The number of nitrogens with zero attached hydrogens (tertiary/aromatic N) is 2. The van der Waals surface area contributed by atoms with Crippen LogP contribution in [0.1, 0.15) is 29.3 Å². The minimum atomic E-state index is 0.163. The first-order chi connectivity index (χ1) is 12.8. The van der Waals surface area contributed by atoms with E-state index in [1.807, 2.05) is 66.2 Å². The zero-order valence-corrected chi connectivity index (χ0v) is 14.7. The maximum atomic E-state index is 11.9. The first-order valence-electron chi connectivity index (χ1n) is 8.89. The molecule has 4 rings (SSSR count). The van der Waals surface area contributed by atoms with Crippen molar-refractivity contribution in [3.8, 4) is 11.3 Å². The SMILES string of the molecule is CCC(=O)c1ccc(-c2nn(Cc3ccccc3)c3ccccc23)cc1. The molecule has 0 aliphatic heterocycles. The lowest BCUT2D eigenvalue weighted by Gasteiger charge is -2.03. The molecule has 4 aromatic rings. The Morgan fingerprint density at radius 1 is 0.885 bits per heavy atom. The van der Waals surface area contributed by atoms with Gasteiger partial charge in [0.25, 0.3) is 0 Å². The third-order valence-electron chi connectivity index (χ3n) is 4.63. The maximum Gasteiger partial charge on any atom is 0.162 e. The highest BCUT2D eigenvalue weighted by atomic mass is 16.1. The van der Waals surface area contributed by atoms with Crippen LogP contribution in [0.15, 0.2) is 78.9 Å². The second-order valence-corrected chi connectivity index (χ2v) is 6.36. The number of carbonyl (C=O) groups excluding carboxylic acids is 1. The monoisotopic (exact) mass is 340 g/mol. The highest BCUT2D eigenvalue weighted by molar-refractivity contribution is 5.97. The highest BCUT2D eigenvalue weighted by Crippen LogP contribution is 2.28. The zero-order valence-electron chi connectivity index (χ0n) is 14.7. The molecule has 3 aromatic carbocycles. The number of carbonyl (C=O) groups is 1. The Labute approximate surface area is 152 Å². The molecule has 0 amide bonds. The number of para-hydroxylation sites is 1. The van der Waals surface area contributed by atoms with Gasteiger partial charge in [-0.2, -0.15) is 5.10 Å². The van der Waals surface area contributed by atoms with Gasteiger partial charge in [0.15, 0.2) is 5.78 Å². The van der Waals surface area contributed by atoms with Gasteiger partial charge < -0.3 is 0 Å². The fraction of sp³-hybridized carbons (Fsp3) is 0.130. The molecule has 0 radical (unpaired) electrons. The molecule has 0 saturated heterocycles. The second-order valence-electron chi connectivity index (χ2n) is 6.36. The van der Waals surface area contributed by atoms with Crippen LogP contribution in [0, 0.1) is 0 Å². The molecular weight excluding hydrogens is 320 g/mol. The van der Waals surface area contributed by atoms with Crippen molar-refractivity contribution < 1.29 is 4.79 Å². The Morgan fingerprint density at radius 2 is 1.58 bits per heavy atom. The summed E-state index contributed by atoms with van der Waals surface area (Å²) in [5.41, 5.74) is 5.06. The predicted octanol–water partition coefficient (Wildman–Crippen LogP) is 5.34. The van der Waals surface area contributed by atoms with E-state index in [2.05, 4.69) is 24.3 Å². The molecule has 0 bridgehead atoms. The second kappa shape index (κ2) is 6.96. The van der Waals surface area contributed by atoms with Gasteiger partial charge in [0.05, 0.1) is 12.1 Å². The molecule has 26 heavy (non-hydrogen) atoms. The highest BCUT2D eigenvalue weighted by Gasteiger charge is 2.13. The van der Waals surface area contributed by atoms with E-state index < -0.39 is 0 Å². The third-order valence-corrected chi connectivity index (χ3v) is 4.63. The van der Waals surface area contributed by atoms with Crippen LogP contribution in [0.4, 0.5) is 0 Å². The van der Waals surface area contributed by atoms with Gasteiger partial charge in [-0.3, -0.25) is 9.48 Å². The Morgan fingerprint density at radius 3 is 2.31 bits per heavy atom. The van der Waals surface area contributed by atoms with E-state index in [1.165, 1.54) is 5.56 Å². The van der Waals surface area contributed by atoms with Crippen LogP contribution >= 0.6 is 0 Å². The summed E-state index contributed by atoms with van der Waals surface area (Å²) in [6.45, 7) is 2.61. The van der Waals surface area contributed by atoms with E-state index in [-0.39, 0.29) is 5.78 Å². The van der Waals surface area contributed by atoms with Crippen LogP contribution in [0.3, 0.4) is 0 Å². The van der Waals surface area contributed by atoms with Gasteiger partial charge in [0.2, 0.25) is 0 Å². The van der Waals surface area contributed by atoms with Gasteiger partial charge in [-0.25, -0.2) is 0 Å². The molecule has 3 nitrogen and oxygen atoms in total. The Hall–Kier alpha value is -3.20. The van der Waals surface area contributed by atoms with E-state index in [1.54, 1.807) is 0 Å². The van der Waals surface area contributed by atoms with Crippen molar-refractivity contribution in [1.29, 1.82) is 0 Å². The van der Waals surface area contributed by atoms with Gasteiger partial charge in [-0.15, -0.1) is 0 Å². The molecule has 0 unspecified atom stereocenters. The van der Waals surface area contributed by atoms with Crippen molar-refractivity contribution >= 4 is 16.7 Å².